The molecule has 0 radical (unpaired) electrons. The van der Waals surface area contributed by atoms with Crippen molar-refractivity contribution in [3.8, 4) is 0 Å². The molecule has 4 aliphatic carbocycles. The first-order chi connectivity index (χ1) is 10.2. The van der Waals surface area contributed by atoms with Crippen molar-refractivity contribution in [1.29, 1.82) is 0 Å². The molecule has 4 saturated carbocycles. The predicted molar refractivity (Wildman–Crippen MR) is 83.5 cm³/mol. The van der Waals surface area contributed by atoms with Crippen molar-refractivity contribution >= 4 is 0 Å². The van der Waals surface area contributed by atoms with Gasteiger partial charge in [-0.05, 0) is 92.9 Å². The topological polar surface area (TPSA) is 12.0 Å². The number of hydrogen-bond acceptors (Lipinski definition) is 1. The molecule has 0 amide bonds. The Balaban J connectivity index is 1.65. The SMILES string of the molecule is CNC(c1ccc(F)c(C)c1)C1C2CC3CC(C2)CC1C3. The van der Waals surface area contributed by atoms with E-state index in [9.17, 15) is 4.39 Å². The minimum absolute atomic E-state index is 0.0846. The van der Waals surface area contributed by atoms with Gasteiger partial charge in [0.15, 0.2) is 0 Å². The molecular formula is C19H26FN. The van der Waals surface area contributed by atoms with E-state index in [2.05, 4.69) is 18.4 Å². The Morgan fingerprint density at radius 2 is 1.67 bits per heavy atom. The van der Waals surface area contributed by atoms with Crippen LogP contribution in [0.2, 0.25) is 0 Å². The van der Waals surface area contributed by atoms with Crippen LogP contribution in [-0.2, 0) is 0 Å². The summed E-state index contributed by atoms with van der Waals surface area (Å²) in [4.78, 5) is 0. The molecule has 0 heterocycles. The molecule has 2 heteroatoms. The summed E-state index contributed by atoms with van der Waals surface area (Å²) in [5, 5.41) is 3.57. The third-order valence-electron chi connectivity index (χ3n) is 6.54. The van der Waals surface area contributed by atoms with E-state index in [0.717, 1.165) is 35.2 Å². The Kier molecular flexibility index (Phi) is 3.33. The summed E-state index contributed by atoms with van der Waals surface area (Å²) in [5.41, 5.74) is 2.06. The first-order valence-corrected chi connectivity index (χ1v) is 8.59. The van der Waals surface area contributed by atoms with E-state index >= 15 is 0 Å². The highest BCUT2D eigenvalue weighted by molar-refractivity contribution is 5.28. The quantitative estimate of drug-likeness (QED) is 0.865. The highest BCUT2D eigenvalue weighted by Crippen LogP contribution is 2.59. The average molecular weight is 287 g/mol. The average Bonchev–Trinajstić information content (AvgIpc) is 2.45. The summed E-state index contributed by atoms with van der Waals surface area (Å²) in [6.07, 6.45) is 7.26. The number of halogens is 1. The minimum Gasteiger partial charge on any atom is -0.313 e. The van der Waals surface area contributed by atoms with Gasteiger partial charge in [-0.2, -0.15) is 0 Å². The predicted octanol–water partition coefficient (Wildman–Crippen LogP) is 4.47. The zero-order valence-electron chi connectivity index (χ0n) is 13.1. The summed E-state index contributed by atoms with van der Waals surface area (Å²) in [6.45, 7) is 1.88. The molecule has 0 spiro atoms. The van der Waals surface area contributed by atoms with Crippen LogP contribution in [0.5, 0.6) is 0 Å². The summed E-state index contributed by atoms with van der Waals surface area (Å²) in [6, 6.07) is 6.10. The molecule has 4 bridgehead atoms. The fourth-order valence-electron chi connectivity index (χ4n) is 5.95. The van der Waals surface area contributed by atoms with E-state index in [1.807, 2.05) is 13.0 Å². The molecule has 1 unspecified atom stereocenters. The van der Waals surface area contributed by atoms with Crippen LogP contribution < -0.4 is 5.32 Å². The molecule has 1 aromatic carbocycles. The van der Waals surface area contributed by atoms with Crippen molar-refractivity contribution < 1.29 is 4.39 Å². The van der Waals surface area contributed by atoms with Crippen molar-refractivity contribution in [2.24, 2.45) is 29.6 Å². The molecule has 0 saturated heterocycles. The van der Waals surface area contributed by atoms with Gasteiger partial charge in [-0.3, -0.25) is 0 Å². The Bertz CT molecular complexity index is 510. The van der Waals surface area contributed by atoms with Gasteiger partial charge in [-0.25, -0.2) is 4.39 Å². The molecule has 1 nitrogen and oxygen atoms in total. The van der Waals surface area contributed by atoms with Crippen molar-refractivity contribution in [3.05, 3.63) is 35.1 Å². The number of benzene rings is 1. The van der Waals surface area contributed by atoms with E-state index in [4.69, 9.17) is 0 Å². The molecule has 1 aromatic rings. The van der Waals surface area contributed by atoms with Crippen LogP contribution >= 0.6 is 0 Å². The highest BCUT2D eigenvalue weighted by atomic mass is 19.1. The highest BCUT2D eigenvalue weighted by Gasteiger charge is 2.50. The van der Waals surface area contributed by atoms with Gasteiger partial charge >= 0.3 is 0 Å². The van der Waals surface area contributed by atoms with Crippen molar-refractivity contribution in [2.75, 3.05) is 7.05 Å². The zero-order valence-corrected chi connectivity index (χ0v) is 13.1. The van der Waals surface area contributed by atoms with E-state index < -0.39 is 0 Å². The Morgan fingerprint density at radius 3 is 2.19 bits per heavy atom. The smallest absolute Gasteiger partial charge is 0.126 e. The molecule has 0 aromatic heterocycles. The van der Waals surface area contributed by atoms with Crippen molar-refractivity contribution in [2.45, 2.75) is 45.1 Å². The molecule has 1 atom stereocenters. The van der Waals surface area contributed by atoms with Gasteiger partial charge in [0.05, 0.1) is 0 Å². The third kappa shape index (κ3) is 2.23. The monoisotopic (exact) mass is 287 g/mol. The summed E-state index contributed by atoms with van der Waals surface area (Å²) in [5.74, 6) is 4.48. The molecule has 1 N–H and O–H groups in total. The summed E-state index contributed by atoms with van der Waals surface area (Å²) >= 11 is 0. The van der Waals surface area contributed by atoms with E-state index in [0.29, 0.717) is 6.04 Å². The largest absolute Gasteiger partial charge is 0.313 e. The normalized spacial score (nSPS) is 38.7. The molecule has 4 fully saturated rings. The Hall–Kier alpha value is -0.890. The van der Waals surface area contributed by atoms with Crippen LogP contribution in [0.1, 0.15) is 49.3 Å². The van der Waals surface area contributed by atoms with Crippen molar-refractivity contribution in [3.63, 3.8) is 0 Å². The first kappa shape index (κ1) is 13.8. The van der Waals surface area contributed by atoms with Crippen LogP contribution in [0.25, 0.3) is 0 Å². The molecule has 5 rings (SSSR count). The number of nitrogens with one attached hydrogen (secondary N) is 1. The fourth-order valence-corrected chi connectivity index (χ4v) is 5.95. The molecule has 21 heavy (non-hydrogen) atoms. The lowest BCUT2D eigenvalue weighted by Crippen LogP contribution is -2.49. The maximum Gasteiger partial charge on any atom is 0.126 e. The van der Waals surface area contributed by atoms with Crippen LogP contribution in [0.4, 0.5) is 4.39 Å². The number of rotatable bonds is 3. The molecular weight excluding hydrogens is 261 g/mol. The molecule has 114 valence electrons. The minimum atomic E-state index is -0.0846. The summed E-state index contributed by atoms with van der Waals surface area (Å²) in [7, 11) is 2.08. The van der Waals surface area contributed by atoms with E-state index in [-0.39, 0.29) is 5.82 Å². The lowest BCUT2D eigenvalue weighted by Gasteiger charge is -2.56. The van der Waals surface area contributed by atoms with Gasteiger partial charge in [-0.1, -0.05) is 12.1 Å². The third-order valence-corrected chi connectivity index (χ3v) is 6.54. The van der Waals surface area contributed by atoms with Crippen LogP contribution in [0.3, 0.4) is 0 Å². The second kappa shape index (κ2) is 5.08. The van der Waals surface area contributed by atoms with Gasteiger partial charge in [-0.15, -0.1) is 0 Å². The maximum absolute atomic E-state index is 13.6. The summed E-state index contributed by atoms with van der Waals surface area (Å²) < 4.78 is 13.6. The van der Waals surface area contributed by atoms with E-state index in [1.165, 1.54) is 37.7 Å². The lowest BCUT2D eigenvalue weighted by molar-refractivity contribution is -0.0515. The van der Waals surface area contributed by atoms with Gasteiger partial charge < -0.3 is 5.32 Å². The second-order valence-corrected chi connectivity index (χ2v) is 7.78. The van der Waals surface area contributed by atoms with Gasteiger partial charge in [0.2, 0.25) is 0 Å². The van der Waals surface area contributed by atoms with Gasteiger partial charge in [0.25, 0.3) is 0 Å². The zero-order chi connectivity index (χ0) is 14.6. The van der Waals surface area contributed by atoms with Gasteiger partial charge in [0, 0.05) is 6.04 Å². The van der Waals surface area contributed by atoms with Crippen LogP contribution in [0.15, 0.2) is 18.2 Å². The lowest BCUT2D eigenvalue weighted by atomic mass is 9.50. The van der Waals surface area contributed by atoms with Crippen LogP contribution in [-0.4, -0.2) is 7.05 Å². The molecule has 4 aliphatic rings. The standard InChI is InChI=1S/C19H26FN/c1-11-5-14(3-4-17(11)20)19(21-2)18-15-7-12-6-13(9-15)10-16(18)8-12/h3-5,12-13,15-16,18-19,21H,6-10H2,1-2H3. The fraction of sp³-hybridized carbons (Fsp3) is 0.684. The number of aryl methyl sites for hydroxylation is 1. The Labute approximate surface area is 127 Å². The first-order valence-electron chi connectivity index (χ1n) is 8.59. The van der Waals surface area contributed by atoms with Crippen LogP contribution in [0, 0.1) is 42.3 Å². The van der Waals surface area contributed by atoms with E-state index in [1.54, 1.807) is 6.07 Å². The Morgan fingerprint density at radius 1 is 1.05 bits per heavy atom. The van der Waals surface area contributed by atoms with Crippen molar-refractivity contribution in [1.82, 2.24) is 5.32 Å². The van der Waals surface area contributed by atoms with Gasteiger partial charge in [0.1, 0.15) is 5.82 Å². The number of hydrogen-bond donors (Lipinski definition) is 1. The maximum atomic E-state index is 13.6. The second-order valence-electron chi connectivity index (χ2n) is 7.78. The molecule has 0 aliphatic heterocycles.